The Hall–Kier alpha value is -1.32. The van der Waals surface area contributed by atoms with Crippen LogP contribution in [0.2, 0.25) is 0 Å². The maximum atomic E-state index is 12.8. The summed E-state index contributed by atoms with van der Waals surface area (Å²) in [6, 6.07) is 0.224. The van der Waals surface area contributed by atoms with Gasteiger partial charge in [-0.3, -0.25) is 9.59 Å². The highest BCUT2D eigenvalue weighted by Crippen LogP contribution is 2.33. The predicted octanol–water partition coefficient (Wildman–Crippen LogP) is 1.76. The van der Waals surface area contributed by atoms with Crippen molar-refractivity contribution in [1.29, 1.82) is 0 Å². The molecular weight excluding hydrogens is 240 g/mol. The van der Waals surface area contributed by atoms with E-state index < -0.39 is 5.54 Å². The van der Waals surface area contributed by atoms with E-state index in [-0.39, 0.29) is 24.4 Å². The van der Waals surface area contributed by atoms with Crippen molar-refractivity contribution >= 4 is 11.8 Å². The number of nitrogens with one attached hydrogen (secondary N) is 1. The summed E-state index contributed by atoms with van der Waals surface area (Å²) in [5, 5.41) is 3.00. The molecule has 4 nitrogen and oxygen atoms in total. The third kappa shape index (κ3) is 2.28. The summed E-state index contributed by atoms with van der Waals surface area (Å²) >= 11 is 0. The molecule has 1 atom stereocenters. The van der Waals surface area contributed by atoms with Crippen LogP contribution in [-0.4, -0.2) is 34.8 Å². The predicted molar refractivity (Wildman–Crippen MR) is 72.5 cm³/mol. The Labute approximate surface area is 114 Å². The first kappa shape index (κ1) is 12.7. The van der Waals surface area contributed by atoms with Gasteiger partial charge in [0.1, 0.15) is 5.54 Å². The maximum Gasteiger partial charge on any atom is 0.249 e. The lowest BCUT2D eigenvalue weighted by Gasteiger charge is -2.46. The number of allylic oxidation sites excluding steroid dienone is 1. The van der Waals surface area contributed by atoms with Crippen molar-refractivity contribution in [2.24, 2.45) is 0 Å². The van der Waals surface area contributed by atoms with E-state index in [2.05, 4.69) is 17.5 Å². The molecule has 104 valence electrons. The lowest BCUT2D eigenvalue weighted by atomic mass is 9.78. The number of rotatable bonds is 1. The zero-order valence-corrected chi connectivity index (χ0v) is 11.4. The van der Waals surface area contributed by atoms with Gasteiger partial charge < -0.3 is 10.2 Å². The monoisotopic (exact) mass is 262 g/mol. The highest BCUT2D eigenvalue weighted by Gasteiger charge is 2.48. The second-order valence-electron chi connectivity index (χ2n) is 6.06. The van der Waals surface area contributed by atoms with Gasteiger partial charge in [0.2, 0.25) is 11.8 Å². The van der Waals surface area contributed by atoms with E-state index in [4.69, 9.17) is 0 Å². The van der Waals surface area contributed by atoms with Gasteiger partial charge in [-0.2, -0.15) is 0 Å². The fraction of sp³-hybridized carbons (Fsp3) is 0.733. The molecule has 1 saturated heterocycles. The van der Waals surface area contributed by atoms with E-state index in [9.17, 15) is 9.59 Å². The Morgan fingerprint density at radius 3 is 2.63 bits per heavy atom. The molecule has 3 aliphatic rings. The minimum atomic E-state index is -0.575. The van der Waals surface area contributed by atoms with Gasteiger partial charge in [0.05, 0.1) is 6.54 Å². The topological polar surface area (TPSA) is 49.4 Å². The molecule has 2 fully saturated rings. The number of carbonyl (C=O) groups excluding carboxylic acids is 2. The lowest BCUT2D eigenvalue weighted by molar-refractivity contribution is -0.154. The first-order chi connectivity index (χ1) is 9.21. The van der Waals surface area contributed by atoms with Gasteiger partial charge in [0.15, 0.2) is 0 Å². The summed E-state index contributed by atoms with van der Waals surface area (Å²) in [5.41, 5.74) is -0.575. The maximum absolute atomic E-state index is 12.8. The van der Waals surface area contributed by atoms with E-state index in [1.807, 2.05) is 4.90 Å². The summed E-state index contributed by atoms with van der Waals surface area (Å²) < 4.78 is 0. The van der Waals surface area contributed by atoms with Gasteiger partial charge in [0.25, 0.3) is 0 Å². The summed E-state index contributed by atoms with van der Waals surface area (Å²) in [7, 11) is 0. The number of piperazine rings is 1. The average Bonchev–Trinajstić information content (AvgIpc) is 2.45. The highest BCUT2D eigenvalue weighted by atomic mass is 16.2. The number of hydrogen-bond acceptors (Lipinski definition) is 2. The number of hydrogen-bond donors (Lipinski definition) is 1. The molecule has 0 bridgehead atoms. The van der Waals surface area contributed by atoms with Crippen molar-refractivity contribution in [2.75, 3.05) is 6.54 Å². The molecule has 1 saturated carbocycles. The second kappa shape index (κ2) is 4.99. The highest BCUT2D eigenvalue weighted by molar-refractivity contribution is 5.98. The SMILES string of the molecule is O=C1CN(C2CC=CCC2)C(=O)C2(CCCCC2)N1. The van der Waals surface area contributed by atoms with Crippen LogP contribution in [0.3, 0.4) is 0 Å². The van der Waals surface area contributed by atoms with Crippen LogP contribution in [0.5, 0.6) is 0 Å². The molecule has 1 spiro atoms. The van der Waals surface area contributed by atoms with E-state index in [1.54, 1.807) is 0 Å². The van der Waals surface area contributed by atoms with Crippen molar-refractivity contribution in [3.63, 3.8) is 0 Å². The van der Waals surface area contributed by atoms with Crippen molar-refractivity contribution < 1.29 is 9.59 Å². The van der Waals surface area contributed by atoms with Crippen LogP contribution in [-0.2, 0) is 9.59 Å². The van der Waals surface area contributed by atoms with Crippen LogP contribution in [0.4, 0.5) is 0 Å². The van der Waals surface area contributed by atoms with Gasteiger partial charge >= 0.3 is 0 Å². The van der Waals surface area contributed by atoms with Gasteiger partial charge in [-0.25, -0.2) is 0 Å². The Morgan fingerprint density at radius 2 is 1.95 bits per heavy atom. The molecule has 19 heavy (non-hydrogen) atoms. The Bertz CT molecular complexity index is 410. The van der Waals surface area contributed by atoms with Gasteiger partial charge in [-0.15, -0.1) is 0 Å². The molecular formula is C15H22N2O2. The molecule has 0 aromatic carbocycles. The summed E-state index contributed by atoms with van der Waals surface area (Å²) in [4.78, 5) is 26.7. The van der Waals surface area contributed by atoms with Gasteiger partial charge in [-0.05, 0) is 32.1 Å². The number of carbonyl (C=O) groups is 2. The van der Waals surface area contributed by atoms with Crippen LogP contribution in [0.25, 0.3) is 0 Å². The Kier molecular flexibility index (Phi) is 3.33. The first-order valence-corrected chi connectivity index (χ1v) is 7.48. The molecule has 3 rings (SSSR count). The zero-order valence-electron chi connectivity index (χ0n) is 11.4. The third-order valence-electron chi connectivity index (χ3n) is 4.75. The van der Waals surface area contributed by atoms with Crippen LogP contribution in [0.15, 0.2) is 12.2 Å². The zero-order chi connectivity index (χ0) is 13.3. The van der Waals surface area contributed by atoms with Crippen molar-refractivity contribution in [3.8, 4) is 0 Å². The fourth-order valence-corrected chi connectivity index (χ4v) is 3.71. The van der Waals surface area contributed by atoms with Crippen LogP contribution in [0, 0.1) is 0 Å². The molecule has 0 radical (unpaired) electrons. The Morgan fingerprint density at radius 1 is 1.16 bits per heavy atom. The van der Waals surface area contributed by atoms with Crippen molar-refractivity contribution in [3.05, 3.63) is 12.2 Å². The minimum absolute atomic E-state index is 0.0241. The molecule has 1 aliphatic heterocycles. The van der Waals surface area contributed by atoms with Crippen molar-refractivity contribution in [2.45, 2.75) is 62.9 Å². The van der Waals surface area contributed by atoms with Gasteiger partial charge in [0, 0.05) is 6.04 Å². The van der Waals surface area contributed by atoms with Crippen LogP contribution in [0.1, 0.15) is 51.4 Å². The molecule has 1 N–H and O–H groups in total. The molecule has 2 aliphatic carbocycles. The van der Waals surface area contributed by atoms with E-state index in [0.29, 0.717) is 0 Å². The quantitative estimate of drug-likeness (QED) is 0.732. The van der Waals surface area contributed by atoms with E-state index in [0.717, 1.165) is 44.9 Å². The van der Waals surface area contributed by atoms with Crippen molar-refractivity contribution in [1.82, 2.24) is 10.2 Å². The van der Waals surface area contributed by atoms with Crippen LogP contribution < -0.4 is 5.32 Å². The van der Waals surface area contributed by atoms with E-state index >= 15 is 0 Å². The summed E-state index contributed by atoms with van der Waals surface area (Å²) in [6.07, 6.45) is 12.1. The number of amides is 2. The molecule has 2 amide bonds. The number of nitrogens with zero attached hydrogens (tertiary/aromatic N) is 1. The molecule has 0 aromatic heterocycles. The van der Waals surface area contributed by atoms with Crippen LogP contribution >= 0.6 is 0 Å². The fourth-order valence-electron chi connectivity index (χ4n) is 3.71. The molecule has 0 aromatic rings. The Balaban J connectivity index is 1.82. The first-order valence-electron chi connectivity index (χ1n) is 7.48. The summed E-state index contributed by atoms with van der Waals surface area (Å²) in [5.74, 6) is 0.197. The molecule has 1 heterocycles. The smallest absolute Gasteiger partial charge is 0.249 e. The third-order valence-corrected chi connectivity index (χ3v) is 4.75. The second-order valence-corrected chi connectivity index (χ2v) is 6.06. The average molecular weight is 262 g/mol. The summed E-state index contributed by atoms with van der Waals surface area (Å²) in [6.45, 7) is 0.249. The lowest BCUT2D eigenvalue weighted by Crippen LogP contribution is -2.68. The van der Waals surface area contributed by atoms with E-state index in [1.165, 1.54) is 6.42 Å². The normalized spacial score (nSPS) is 30.5. The van der Waals surface area contributed by atoms with Gasteiger partial charge in [-0.1, -0.05) is 31.4 Å². The molecule has 1 unspecified atom stereocenters. The minimum Gasteiger partial charge on any atom is -0.340 e. The molecule has 4 heteroatoms. The largest absolute Gasteiger partial charge is 0.340 e. The standard InChI is InChI=1S/C15H22N2O2/c18-13-11-17(12-7-3-1-4-8-12)14(19)15(16-13)9-5-2-6-10-15/h1,3,12H,2,4-11H2,(H,16,18).